The molecular formula is C21H24N2O4. The van der Waals surface area contributed by atoms with Gasteiger partial charge in [0.15, 0.2) is 0 Å². The topological polar surface area (TPSA) is 67.9 Å². The molecule has 0 bridgehead atoms. The first kappa shape index (κ1) is 18.8. The van der Waals surface area contributed by atoms with Gasteiger partial charge in [-0.2, -0.15) is 0 Å². The first-order valence-corrected chi connectivity index (χ1v) is 8.87. The number of amides is 2. The lowest BCUT2D eigenvalue weighted by atomic mass is 10.1. The molecule has 0 spiro atoms. The van der Waals surface area contributed by atoms with Crippen molar-refractivity contribution in [2.75, 3.05) is 25.7 Å². The Hall–Kier alpha value is -3.02. The third-order valence-corrected chi connectivity index (χ3v) is 4.75. The molecule has 142 valence electrons. The molecule has 2 aromatic rings. The number of aryl methyl sites for hydroxylation is 1. The van der Waals surface area contributed by atoms with Crippen LogP contribution in [0.5, 0.6) is 11.5 Å². The van der Waals surface area contributed by atoms with Crippen LogP contribution < -0.4 is 19.7 Å². The number of benzene rings is 2. The van der Waals surface area contributed by atoms with Gasteiger partial charge in [0.05, 0.1) is 25.8 Å². The van der Waals surface area contributed by atoms with Crippen LogP contribution in [0.3, 0.4) is 0 Å². The van der Waals surface area contributed by atoms with Crippen molar-refractivity contribution in [1.82, 2.24) is 5.32 Å². The standard InChI is InChI=1S/C21H24N2O4/c1-14-4-9-19(27-3)18(10-14)23-13-16(11-20(23)24)21(25)22-12-15-5-7-17(26-2)8-6-15/h4-10,16H,11-13H2,1-3H3,(H,22,25). The molecule has 3 rings (SSSR count). The Morgan fingerprint density at radius 1 is 1.15 bits per heavy atom. The molecule has 2 amide bonds. The molecule has 0 aromatic heterocycles. The highest BCUT2D eigenvalue weighted by Gasteiger charge is 2.36. The number of methoxy groups -OCH3 is 2. The van der Waals surface area contributed by atoms with E-state index in [4.69, 9.17) is 9.47 Å². The molecule has 1 atom stereocenters. The van der Waals surface area contributed by atoms with Crippen molar-refractivity contribution in [3.8, 4) is 11.5 Å². The molecular weight excluding hydrogens is 344 g/mol. The summed E-state index contributed by atoms with van der Waals surface area (Å²) in [6, 6.07) is 13.2. The number of hydrogen-bond donors (Lipinski definition) is 1. The second-order valence-corrected chi connectivity index (χ2v) is 6.65. The van der Waals surface area contributed by atoms with Gasteiger partial charge in [-0.15, -0.1) is 0 Å². The SMILES string of the molecule is COc1ccc(CNC(=O)C2CC(=O)N(c3cc(C)ccc3OC)C2)cc1. The molecule has 1 unspecified atom stereocenters. The minimum Gasteiger partial charge on any atom is -0.497 e. The van der Waals surface area contributed by atoms with Crippen LogP contribution in [-0.2, 0) is 16.1 Å². The second-order valence-electron chi connectivity index (χ2n) is 6.65. The maximum absolute atomic E-state index is 12.5. The molecule has 1 aliphatic rings. The highest BCUT2D eigenvalue weighted by molar-refractivity contribution is 6.01. The molecule has 6 heteroatoms. The van der Waals surface area contributed by atoms with Crippen LogP contribution in [0.1, 0.15) is 17.5 Å². The van der Waals surface area contributed by atoms with Gasteiger partial charge in [-0.1, -0.05) is 18.2 Å². The van der Waals surface area contributed by atoms with E-state index in [9.17, 15) is 9.59 Å². The minimum atomic E-state index is -0.374. The molecule has 1 N–H and O–H groups in total. The Kier molecular flexibility index (Phi) is 5.64. The minimum absolute atomic E-state index is 0.0662. The highest BCUT2D eigenvalue weighted by Crippen LogP contribution is 2.33. The van der Waals surface area contributed by atoms with Gasteiger partial charge in [0.2, 0.25) is 11.8 Å². The summed E-state index contributed by atoms with van der Waals surface area (Å²) in [5.74, 6) is 0.847. The quantitative estimate of drug-likeness (QED) is 0.851. The van der Waals surface area contributed by atoms with Gasteiger partial charge in [-0.25, -0.2) is 0 Å². The van der Waals surface area contributed by atoms with E-state index in [2.05, 4.69) is 5.32 Å². The Morgan fingerprint density at radius 3 is 2.56 bits per heavy atom. The fraction of sp³-hybridized carbons (Fsp3) is 0.333. The average molecular weight is 368 g/mol. The normalized spacial score (nSPS) is 16.3. The van der Waals surface area contributed by atoms with Crippen molar-refractivity contribution in [3.05, 3.63) is 53.6 Å². The lowest BCUT2D eigenvalue weighted by Gasteiger charge is -2.20. The van der Waals surface area contributed by atoms with Crippen LogP contribution in [0, 0.1) is 12.8 Å². The van der Waals surface area contributed by atoms with Crippen molar-refractivity contribution in [2.45, 2.75) is 19.9 Å². The van der Waals surface area contributed by atoms with Crippen LogP contribution >= 0.6 is 0 Å². The summed E-state index contributed by atoms with van der Waals surface area (Å²) >= 11 is 0. The molecule has 6 nitrogen and oxygen atoms in total. The summed E-state index contributed by atoms with van der Waals surface area (Å²) in [6.45, 7) is 2.73. The summed E-state index contributed by atoms with van der Waals surface area (Å²) in [4.78, 5) is 26.7. The van der Waals surface area contributed by atoms with Crippen molar-refractivity contribution in [2.24, 2.45) is 5.92 Å². The largest absolute Gasteiger partial charge is 0.497 e. The van der Waals surface area contributed by atoms with Gasteiger partial charge in [0.25, 0.3) is 0 Å². The van der Waals surface area contributed by atoms with Crippen LogP contribution in [0.4, 0.5) is 5.69 Å². The van der Waals surface area contributed by atoms with Crippen molar-refractivity contribution in [3.63, 3.8) is 0 Å². The molecule has 27 heavy (non-hydrogen) atoms. The molecule has 2 aromatic carbocycles. The number of hydrogen-bond acceptors (Lipinski definition) is 4. The summed E-state index contributed by atoms with van der Waals surface area (Å²) in [5, 5.41) is 2.92. The molecule has 1 heterocycles. The fourth-order valence-corrected chi connectivity index (χ4v) is 3.20. The Morgan fingerprint density at radius 2 is 1.89 bits per heavy atom. The highest BCUT2D eigenvalue weighted by atomic mass is 16.5. The third kappa shape index (κ3) is 4.22. The number of carbonyl (C=O) groups excluding carboxylic acids is 2. The van der Waals surface area contributed by atoms with E-state index in [1.165, 1.54) is 0 Å². The monoisotopic (exact) mass is 368 g/mol. The molecule has 1 aliphatic heterocycles. The van der Waals surface area contributed by atoms with Crippen molar-refractivity contribution in [1.29, 1.82) is 0 Å². The van der Waals surface area contributed by atoms with Gasteiger partial charge in [0.1, 0.15) is 11.5 Å². The predicted molar refractivity (Wildman–Crippen MR) is 103 cm³/mol. The van der Waals surface area contributed by atoms with E-state index in [0.29, 0.717) is 24.5 Å². The van der Waals surface area contributed by atoms with E-state index in [1.54, 1.807) is 19.1 Å². The maximum Gasteiger partial charge on any atom is 0.227 e. The fourth-order valence-electron chi connectivity index (χ4n) is 3.20. The number of carbonyl (C=O) groups is 2. The van der Waals surface area contributed by atoms with Crippen LogP contribution in [0.25, 0.3) is 0 Å². The molecule has 0 saturated carbocycles. The molecule has 1 saturated heterocycles. The van der Waals surface area contributed by atoms with Gasteiger partial charge in [-0.3, -0.25) is 9.59 Å². The van der Waals surface area contributed by atoms with E-state index >= 15 is 0 Å². The zero-order valence-corrected chi connectivity index (χ0v) is 15.8. The summed E-state index contributed by atoms with van der Waals surface area (Å²) in [5.41, 5.74) is 2.73. The average Bonchev–Trinajstić information content (AvgIpc) is 3.08. The van der Waals surface area contributed by atoms with Crippen molar-refractivity contribution < 1.29 is 19.1 Å². The summed E-state index contributed by atoms with van der Waals surface area (Å²) < 4.78 is 10.5. The molecule has 0 aliphatic carbocycles. The molecule has 0 radical (unpaired) electrons. The van der Waals surface area contributed by atoms with E-state index in [1.807, 2.05) is 49.4 Å². The molecule has 1 fully saturated rings. The van der Waals surface area contributed by atoms with Gasteiger partial charge in [-0.05, 0) is 42.3 Å². The van der Waals surface area contributed by atoms with Gasteiger partial charge < -0.3 is 19.7 Å². The zero-order valence-electron chi connectivity index (χ0n) is 15.8. The number of ether oxygens (including phenoxy) is 2. The number of rotatable bonds is 6. The number of nitrogens with one attached hydrogen (secondary N) is 1. The maximum atomic E-state index is 12.5. The summed E-state index contributed by atoms with van der Waals surface area (Å²) in [7, 11) is 3.19. The predicted octanol–water partition coefficient (Wildman–Crippen LogP) is 2.68. The van der Waals surface area contributed by atoms with Gasteiger partial charge in [0, 0.05) is 19.5 Å². The van der Waals surface area contributed by atoms with E-state index in [-0.39, 0.29) is 24.2 Å². The first-order chi connectivity index (χ1) is 13.0. The van der Waals surface area contributed by atoms with E-state index < -0.39 is 0 Å². The third-order valence-electron chi connectivity index (χ3n) is 4.75. The van der Waals surface area contributed by atoms with Crippen molar-refractivity contribution >= 4 is 17.5 Å². The van der Waals surface area contributed by atoms with Crippen LogP contribution in [-0.4, -0.2) is 32.6 Å². The lowest BCUT2D eigenvalue weighted by molar-refractivity contribution is -0.126. The van der Waals surface area contributed by atoms with E-state index in [0.717, 1.165) is 16.9 Å². The van der Waals surface area contributed by atoms with Crippen LogP contribution in [0.2, 0.25) is 0 Å². The van der Waals surface area contributed by atoms with Gasteiger partial charge >= 0.3 is 0 Å². The Bertz CT molecular complexity index is 833. The Balaban J connectivity index is 1.64. The van der Waals surface area contributed by atoms with Crippen LogP contribution in [0.15, 0.2) is 42.5 Å². The zero-order chi connectivity index (χ0) is 19.4. The summed E-state index contributed by atoms with van der Waals surface area (Å²) in [6.07, 6.45) is 0.200. The first-order valence-electron chi connectivity index (χ1n) is 8.87. The number of nitrogens with zero attached hydrogens (tertiary/aromatic N) is 1. The Labute approximate surface area is 159 Å². The lowest BCUT2D eigenvalue weighted by Crippen LogP contribution is -2.32. The number of anilines is 1. The smallest absolute Gasteiger partial charge is 0.227 e. The second kappa shape index (κ2) is 8.12.